The van der Waals surface area contributed by atoms with E-state index in [0.717, 1.165) is 0 Å². The number of hydrogen-bond acceptors (Lipinski definition) is 4. The first-order chi connectivity index (χ1) is 6.81. The van der Waals surface area contributed by atoms with Crippen molar-refractivity contribution in [1.82, 2.24) is 24.7 Å². The van der Waals surface area contributed by atoms with Crippen LogP contribution in [0.1, 0.15) is 5.82 Å². The van der Waals surface area contributed by atoms with E-state index in [2.05, 4.69) is 20.2 Å². The second-order valence-electron chi connectivity index (χ2n) is 2.80. The summed E-state index contributed by atoms with van der Waals surface area (Å²) in [6.07, 6.45) is 3.72. The maximum absolute atomic E-state index is 8.46. The van der Waals surface area contributed by atoms with E-state index >= 15 is 0 Å². The Hall–Kier alpha value is -2.16. The fraction of sp³-hybridized carbons (Fsp3) is 0.250. The maximum atomic E-state index is 8.46. The summed E-state index contributed by atoms with van der Waals surface area (Å²) in [4.78, 5) is 8.23. The van der Waals surface area contributed by atoms with E-state index in [4.69, 9.17) is 5.26 Å². The highest BCUT2D eigenvalue weighted by Gasteiger charge is 2.09. The highest BCUT2D eigenvalue weighted by molar-refractivity contribution is 5.42. The van der Waals surface area contributed by atoms with Crippen molar-refractivity contribution in [2.75, 3.05) is 0 Å². The molecule has 0 amide bonds. The molecule has 0 unspecified atom stereocenters. The molecule has 0 aliphatic carbocycles. The summed E-state index contributed by atoms with van der Waals surface area (Å²) in [6.45, 7) is 0. The van der Waals surface area contributed by atoms with Crippen LogP contribution in [0.3, 0.4) is 0 Å². The average Bonchev–Trinajstić information content (AvgIpc) is 2.74. The molecule has 2 heterocycles. The van der Waals surface area contributed by atoms with Gasteiger partial charge in [-0.3, -0.25) is 5.10 Å². The zero-order valence-electron chi connectivity index (χ0n) is 7.60. The van der Waals surface area contributed by atoms with Crippen LogP contribution < -0.4 is 0 Å². The number of nitrogens with zero attached hydrogens (tertiary/aromatic N) is 5. The van der Waals surface area contributed by atoms with Crippen LogP contribution >= 0.6 is 0 Å². The summed E-state index contributed by atoms with van der Waals surface area (Å²) < 4.78 is 1.82. The Morgan fingerprint density at radius 1 is 1.64 bits per heavy atom. The quantitative estimate of drug-likeness (QED) is 0.733. The molecule has 1 N–H and O–H groups in total. The third-order valence-electron chi connectivity index (χ3n) is 1.80. The Morgan fingerprint density at radius 2 is 2.50 bits per heavy atom. The number of rotatable bonds is 2. The topological polar surface area (TPSA) is 83.2 Å². The Bertz CT molecular complexity index is 474. The van der Waals surface area contributed by atoms with Crippen molar-refractivity contribution in [2.45, 2.75) is 6.42 Å². The van der Waals surface area contributed by atoms with Crippen LogP contribution in [0, 0.1) is 11.3 Å². The molecule has 0 aliphatic rings. The van der Waals surface area contributed by atoms with Crippen LogP contribution in [0.5, 0.6) is 0 Å². The van der Waals surface area contributed by atoms with Gasteiger partial charge in [-0.25, -0.2) is 9.97 Å². The summed E-state index contributed by atoms with van der Waals surface area (Å²) >= 11 is 0. The second kappa shape index (κ2) is 3.30. The zero-order chi connectivity index (χ0) is 9.97. The van der Waals surface area contributed by atoms with Gasteiger partial charge in [-0.2, -0.15) is 10.4 Å². The zero-order valence-corrected chi connectivity index (χ0v) is 7.60. The lowest BCUT2D eigenvalue weighted by atomic mass is 10.4. The highest BCUT2D eigenvalue weighted by atomic mass is 15.2. The third-order valence-corrected chi connectivity index (χ3v) is 1.80. The monoisotopic (exact) mass is 188 g/mol. The number of hydrogen-bond donors (Lipinski definition) is 1. The van der Waals surface area contributed by atoms with Gasteiger partial charge >= 0.3 is 0 Å². The smallest absolute Gasteiger partial charge is 0.217 e. The first-order valence-electron chi connectivity index (χ1n) is 4.07. The van der Waals surface area contributed by atoms with E-state index in [1.165, 1.54) is 0 Å². The van der Waals surface area contributed by atoms with Crippen molar-refractivity contribution < 1.29 is 0 Å². The molecule has 0 saturated heterocycles. The summed E-state index contributed by atoms with van der Waals surface area (Å²) in [7, 11) is 1.86. The summed E-state index contributed by atoms with van der Waals surface area (Å²) in [5.74, 6) is 1.76. The molecule has 0 radical (unpaired) electrons. The van der Waals surface area contributed by atoms with Crippen LogP contribution in [0.15, 0.2) is 12.4 Å². The van der Waals surface area contributed by atoms with Crippen LogP contribution in [0.25, 0.3) is 11.6 Å². The Kier molecular flexibility index (Phi) is 1.99. The van der Waals surface area contributed by atoms with Gasteiger partial charge in [-0.1, -0.05) is 0 Å². The number of aryl methyl sites for hydroxylation is 1. The predicted molar refractivity (Wildman–Crippen MR) is 47.9 cm³/mol. The largest absolute Gasteiger partial charge is 0.331 e. The third kappa shape index (κ3) is 1.35. The highest BCUT2D eigenvalue weighted by Crippen LogP contribution is 2.10. The number of aromatic nitrogens is 5. The van der Waals surface area contributed by atoms with E-state index in [1.807, 2.05) is 23.9 Å². The van der Waals surface area contributed by atoms with Gasteiger partial charge in [0.1, 0.15) is 5.82 Å². The van der Waals surface area contributed by atoms with Crippen LogP contribution in [0.4, 0.5) is 0 Å². The van der Waals surface area contributed by atoms with Crippen molar-refractivity contribution in [3.8, 4) is 17.7 Å². The van der Waals surface area contributed by atoms with Crippen molar-refractivity contribution >= 4 is 0 Å². The molecule has 14 heavy (non-hydrogen) atoms. The first-order valence-corrected chi connectivity index (χ1v) is 4.07. The average molecular weight is 188 g/mol. The molecule has 2 aromatic heterocycles. The molecular weight excluding hydrogens is 180 g/mol. The molecular formula is C8H8N6. The van der Waals surface area contributed by atoms with E-state index in [1.54, 1.807) is 6.20 Å². The van der Waals surface area contributed by atoms with Crippen LogP contribution in [0.2, 0.25) is 0 Å². The minimum atomic E-state index is 0.234. The standard InChI is InChI=1S/C8H8N6/c1-14-5-4-10-8(14)7-11-6(2-3-9)12-13-7/h4-5H,2H2,1H3,(H,11,12,13). The summed E-state index contributed by atoms with van der Waals surface area (Å²) in [5.41, 5.74) is 0. The van der Waals surface area contributed by atoms with Crippen molar-refractivity contribution in [2.24, 2.45) is 7.05 Å². The predicted octanol–water partition coefficient (Wildman–Crippen LogP) is 0.271. The summed E-state index contributed by atoms with van der Waals surface area (Å²) in [5, 5.41) is 15.1. The molecule has 0 atom stereocenters. The van der Waals surface area contributed by atoms with E-state index in [9.17, 15) is 0 Å². The molecule has 0 bridgehead atoms. The second-order valence-corrected chi connectivity index (χ2v) is 2.80. The van der Waals surface area contributed by atoms with Crippen molar-refractivity contribution in [3.05, 3.63) is 18.2 Å². The van der Waals surface area contributed by atoms with Crippen LogP contribution in [-0.2, 0) is 13.5 Å². The molecule has 2 aromatic rings. The number of H-pyrrole nitrogens is 1. The number of imidazole rings is 1. The van der Waals surface area contributed by atoms with Gasteiger partial charge < -0.3 is 4.57 Å². The van der Waals surface area contributed by atoms with Crippen molar-refractivity contribution in [1.29, 1.82) is 5.26 Å². The van der Waals surface area contributed by atoms with E-state index in [-0.39, 0.29) is 6.42 Å². The molecule has 6 nitrogen and oxygen atoms in total. The SMILES string of the molecule is Cn1ccnc1-c1n[nH]c(CC#N)n1. The van der Waals surface area contributed by atoms with Gasteiger partial charge in [0.05, 0.1) is 12.5 Å². The first kappa shape index (κ1) is 8.44. The van der Waals surface area contributed by atoms with Crippen LogP contribution in [-0.4, -0.2) is 24.7 Å². The number of aromatic amines is 1. The molecule has 0 spiro atoms. The minimum Gasteiger partial charge on any atom is -0.331 e. The van der Waals surface area contributed by atoms with Gasteiger partial charge in [0, 0.05) is 19.4 Å². The fourth-order valence-corrected chi connectivity index (χ4v) is 1.13. The number of nitriles is 1. The Morgan fingerprint density at radius 3 is 3.14 bits per heavy atom. The lowest BCUT2D eigenvalue weighted by Crippen LogP contribution is -1.93. The van der Waals surface area contributed by atoms with E-state index < -0.39 is 0 Å². The van der Waals surface area contributed by atoms with Gasteiger partial charge in [0.15, 0.2) is 5.82 Å². The molecule has 0 saturated carbocycles. The fourth-order valence-electron chi connectivity index (χ4n) is 1.13. The lowest BCUT2D eigenvalue weighted by Gasteiger charge is -1.93. The number of nitrogens with one attached hydrogen (secondary N) is 1. The normalized spacial score (nSPS) is 10.0. The van der Waals surface area contributed by atoms with Gasteiger partial charge in [-0.15, -0.1) is 0 Å². The molecule has 0 aliphatic heterocycles. The Labute approximate surface area is 80.2 Å². The molecule has 0 aromatic carbocycles. The summed E-state index contributed by atoms with van der Waals surface area (Å²) in [6, 6.07) is 2.00. The van der Waals surface area contributed by atoms with Gasteiger partial charge in [0.25, 0.3) is 0 Å². The molecule has 2 rings (SSSR count). The maximum Gasteiger partial charge on any atom is 0.217 e. The molecule has 6 heteroatoms. The van der Waals surface area contributed by atoms with E-state index in [0.29, 0.717) is 17.5 Å². The lowest BCUT2D eigenvalue weighted by molar-refractivity contribution is 0.907. The molecule has 70 valence electrons. The van der Waals surface area contributed by atoms with Gasteiger partial charge in [0.2, 0.25) is 5.82 Å². The van der Waals surface area contributed by atoms with Crippen molar-refractivity contribution in [3.63, 3.8) is 0 Å². The minimum absolute atomic E-state index is 0.234. The van der Waals surface area contributed by atoms with Gasteiger partial charge in [-0.05, 0) is 0 Å². The molecule has 0 fully saturated rings. The Balaban J connectivity index is 2.35.